The van der Waals surface area contributed by atoms with Crippen LogP contribution in [0.15, 0.2) is 24.3 Å². The molecule has 1 nitrogen and oxygen atoms in total. The lowest BCUT2D eigenvalue weighted by atomic mass is 9.88. The van der Waals surface area contributed by atoms with Gasteiger partial charge in [-0.15, -0.1) is 0 Å². The Bertz CT molecular complexity index is 341. The first kappa shape index (κ1) is 16.9. The Morgan fingerprint density at radius 3 is 1.83 bits per heavy atom. The molecule has 0 aliphatic carbocycles. The number of hydrogen-bond acceptors (Lipinski definition) is 1. The van der Waals surface area contributed by atoms with Crippen LogP contribution in [0, 0.1) is 5.41 Å². The normalized spacial score (nSPS) is 10.6. The van der Waals surface area contributed by atoms with Crippen LogP contribution in [0.25, 0.3) is 0 Å². The summed E-state index contributed by atoms with van der Waals surface area (Å²) in [4.78, 5) is 11.0. The Hall–Kier alpha value is -1.11. The van der Waals surface area contributed by atoms with Gasteiger partial charge in [0, 0.05) is 6.42 Å². The average molecular weight is 248 g/mol. The van der Waals surface area contributed by atoms with E-state index in [9.17, 15) is 4.79 Å². The molecule has 1 aromatic carbocycles. The fourth-order valence-electron chi connectivity index (χ4n) is 1.63. The van der Waals surface area contributed by atoms with Gasteiger partial charge in [-0.25, -0.2) is 0 Å². The van der Waals surface area contributed by atoms with Crippen LogP contribution in [0.3, 0.4) is 0 Å². The highest BCUT2D eigenvalue weighted by Gasteiger charge is 2.09. The van der Waals surface area contributed by atoms with Gasteiger partial charge in [0.15, 0.2) is 0 Å². The fourth-order valence-corrected chi connectivity index (χ4v) is 1.63. The topological polar surface area (TPSA) is 17.1 Å². The van der Waals surface area contributed by atoms with Crippen molar-refractivity contribution in [2.24, 2.45) is 5.41 Å². The predicted octanol–water partition coefficient (Wildman–Crippen LogP) is 4.82. The van der Waals surface area contributed by atoms with Crippen molar-refractivity contribution < 1.29 is 4.79 Å². The van der Waals surface area contributed by atoms with Crippen LogP contribution in [0.4, 0.5) is 0 Å². The summed E-state index contributed by atoms with van der Waals surface area (Å²) in [5.74, 6) is 0.224. The molecule has 1 aromatic rings. The van der Waals surface area contributed by atoms with Crippen molar-refractivity contribution in [1.29, 1.82) is 0 Å². The second-order valence-electron chi connectivity index (χ2n) is 5.76. The highest BCUT2D eigenvalue weighted by Crippen LogP contribution is 2.21. The summed E-state index contributed by atoms with van der Waals surface area (Å²) in [5, 5.41) is 0. The predicted molar refractivity (Wildman–Crippen MR) is 80.0 cm³/mol. The van der Waals surface area contributed by atoms with Gasteiger partial charge in [-0.05, 0) is 36.3 Å². The van der Waals surface area contributed by atoms with Crippen LogP contribution in [-0.2, 0) is 17.6 Å². The quantitative estimate of drug-likeness (QED) is 0.746. The van der Waals surface area contributed by atoms with E-state index in [0.717, 1.165) is 12.0 Å². The maximum Gasteiger partial charge on any atom is 0.134 e. The van der Waals surface area contributed by atoms with Crippen molar-refractivity contribution >= 4 is 5.78 Å². The molecule has 18 heavy (non-hydrogen) atoms. The molecule has 0 fully saturated rings. The molecule has 0 atom stereocenters. The maximum atomic E-state index is 11.0. The summed E-state index contributed by atoms with van der Waals surface area (Å²) in [6.45, 7) is 12.4. The van der Waals surface area contributed by atoms with Crippen LogP contribution in [0.2, 0.25) is 0 Å². The van der Waals surface area contributed by atoms with E-state index < -0.39 is 0 Å². The lowest BCUT2D eigenvalue weighted by Gasteiger charge is -2.17. The number of aryl methyl sites for hydroxylation is 1. The SMILES string of the molecule is CC.CC(=O)Cc1ccc(CCC(C)(C)C)cc1. The minimum absolute atomic E-state index is 0.224. The molecule has 0 aromatic heterocycles. The van der Waals surface area contributed by atoms with Crippen molar-refractivity contribution in [3.05, 3.63) is 35.4 Å². The molecule has 0 bridgehead atoms. The third kappa shape index (κ3) is 8.05. The number of ketones is 1. The van der Waals surface area contributed by atoms with Crippen LogP contribution in [0.5, 0.6) is 0 Å². The average Bonchev–Trinajstić information content (AvgIpc) is 2.29. The van der Waals surface area contributed by atoms with E-state index in [2.05, 4.69) is 45.0 Å². The molecular weight excluding hydrogens is 220 g/mol. The molecule has 0 saturated heterocycles. The van der Waals surface area contributed by atoms with E-state index in [4.69, 9.17) is 0 Å². The third-order valence-electron chi connectivity index (χ3n) is 2.64. The fraction of sp³-hybridized carbons (Fsp3) is 0.588. The molecule has 0 unspecified atom stereocenters. The summed E-state index contributed by atoms with van der Waals surface area (Å²) < 4.78 is 0. The number of rotatable bonds is 4. The van der Waals surface area contributed by atoms with E-state index in [1.165, 1.54) is 12.0 Å². The Morgan fingerprint density at radius 1 is 1.00 bits per heavy atom. The minimum atomic E-state index is 0.224. The van der Waals surface area contributed by atoms with Crippen LogP contribution < -0.4 is 0 Å². The van der Waals surface area contributed by atoms with Crippen molar-refractivity contribution in [2.75, 3.05) is 0 Å². The number of hydrogen-bond donors (Lipinski definition) is 0. The van der Waals surface area contributed by atoms with Crippen LogP contribution >= 0.6 is 0 Å². The largest absolute Gasteiger partial charge is 0.300 e. The molecule has 0 aliphatic heterocycles. The monoisotopic (exact) mass is 248 g/mol. The van der Waals surface area contributed by atoms with Gasteiger partial charge in [-0.3, -0.25) is 4.79 Å². The second-order valence-corrected chi connectivity index (χ2v) is 5.76. The highest BCUT2D eigenvalue weighted by molar-refractivity contribution is 5.78. The van der Waals surface area contributed by atoms with E-state index in [1.54, 1.807) is 6.92 Å². The third-order valence-corrected chi connectivity index (χ3v) is 2.64. The molecule has 102 valence electrons. The molecule has 0 heterocycles. The van der Waals surface area contributed by atoms with Crippen molar-refractivity contribution in [3.63, 3.8) is 0 Å². The van der Waals surface area contributed by atoms with E-state index in [1.807, 2.05) is 13.8 Å². The summed E-state index contributed by atoms with van der Waals surface area (Å²) in [6, 6.07) is 8.42. The molecule has 1 rings (SSSR count). The summed E-state index contributed by atoms with van der Waals surface area (Å²) in [5.41, 5.74) is 2.87. The van der Waals surface area contributed by atoms with Gasteiger partial charge >= 0.3 is 0 Å². The first-order valence-electron chi connectivity index (χ1n) is 6.94. The Balaban J connectivity index is 0.00000137. The molecule has 0 spiro atoms. The molecule has 0 amide bonds. The van der Waals surface area contributed by atoms with E-state index >= 15 is 0 Å². The van der Waals surface area contributed by atoms with E-state index in [0.29, 0.717) is 11.8 Å². The lowest BCUT2D eigenvalue weighted by Crippen LogP contribution is -2.06. The molecule has 0 N–H and O–H groups in total. The standard InChI is InChI=1S/C15H22O.C2H6/c1-12(16)11-14-7-5-13(6-8-14)9-10-15(2,3)4;1-2/h5-8H,9-11H2,1-4H3;1-2H3. The highest BCUT2D eigenvalue weighted by atomic mass is 16.1. The Labute approximate surface area is 113 Å². The number of carbonyl (C=O) groups is 1. The van der Waals surface area contributed by atoms with E-state index in [-0.39, 0.29) is 5.78 Å². The lowest BCUT2D eigenvalue weighted by molar-refractivity contribution is -0.116. The van der Waals surface area contributed by atoms with Crippen molar-refractivity contribution in [2.45, 2.75) is 60.8 Å². The van der Waals surface area contributed by atoms with Crippen molar-refractivity contribution in [1.82, 2.24) is 0 Å². The van der Waals surface area contributed by atoms with Gasteiger partial charge in [0.1, 0.15) is 5.78 Å². The van der Waals surface area contributed by atoms with Gasteiger partial charge in [0.2, 0.25) is 0 Å². The first-order valence-corrected chi connectivity index (χ1v) is 6.94. The Morgan fingerprint density at radius 2 is 1.44 bits per heavy atom. The van der Waals surface area contributed by atoms with Crippen LogP contribution in [0.1, 0.15) is 59.1 Å². The van der Waals surface area contributed by atoms with Crippen LogP contribution in [-0.4, -0.2) is 5.78 Å². The Kier molecular flexibility index (Phi) is 7.58. The summed E-state index contributed by atoms with van der Waals surface area (Å²) >= 11 is 0. The molecule has 0 radical (unpaired) electrons. The zero-order valence-corrected chi connectivity index (χ0v) is 12.8. The molecular formula is C17H28O. The number of benzene rings is 1. The van der Waals surface area contributed by atoms with Gasteiger partial charge in [-0.1, -0.05) is 58.9 Å². The molecule has 1 heteroatoms. The zero-order valence-electron chi connectivity index (χ0n) is 12.8. The second kappa shape index (κ2) is 8.07. The minimum Gasteiger partial charge on any atom is -0.300 e. The van der Waals surface area contributed by atoms with Gasteiger partial charge < -0.3 is 0 Å². The molecule has 0 aliphatic rings. The smallest absolute Gasteiger partial charge is 0.134 e. The van der Waals surface area contributed by atoms with Crippen molar-refractivity contribution in [3.8, 4) is 0 Å². The number of Topliss-reactive ketones (excluding diaryl/α,β-unsaturated/α-hetero) is 1. The summed E-state index contributed by atoms with van der Waals surface area (Å²) in [7, 11) is 0. The first-order chi connectivity index (χ1) is 8.37. The zero-order chi connectivity index (χ0) is 14.2. The van der Waals surface area contributed by atoms with Gasteiger partial charge in [0.25, 0.3) is 0 Å². The number of carbonyl (C=O) groups excluding carboxylic acids is 1. The van der Waals surface area contributed by atoms with Gasteiger partial charge in [0.05, 0.1) is 0 Å². The van der Waals surface area contributed by atoms with Gasteiger partial charge in [-0.2, -0.15) is 0 Å². The maximum absolute atomic E-state index is 11.0. The summed E-state index contributed by atoms with van der Waals surface area (Å²) in [6.07, 6.45) is 2.86. The molecule has 0 saturated carbocycles.